The van der Waals surface area contributed by atoms with Crippen molar-refractivity contribution in [3.63, 3.8) is 0 Å². The average Bonchev–Trinajstić information content (AvgIpc) is 2.53. The van der Waals surface area contributed by atoms with Gasteiger partial charge >= 0.3 is 0 Å². The van der Waals surface area contributed by atoms with E-state index in [0.717, 1.165) is 23.8 Å². The highest BCUT2D eigenvalue weighted by Crippen LogP contribution is 2.28. The van der Waals surface area contributed by atoms with Crippen molar-refractivity contribution in [1.29, 1.82) is 0 Å². The lowest BCUT2D eigenvalue weighted by molar-refractivity contribution is 0.470. The van der Waals surface area contributed by atoms with Gasteiger partial charge < -0.3 is 10.8 Å². The molecule has 0 unspecified atom stereocenters. The van der Waals surface area contributed by atoms with Crippen molar-refractivity contribution in [3.05, 3.63) is 75.6 Å². The lowest BCUT2D eigenvalue weighted by Gasteiger charge is -2.17. The molecule has 1 heterocycles. The average molecular weight is 342 g/mol. The van der Waals surface area contributed by atoms with Crippen LogP contribution in [0.2, 0.25) is 0 Å². The Hall–Kier alpha value is -3.15. The predicted molar refractivity (Wildman–Crippen MR) is 92.9 cm³/mol. The van der Waals surface area contributed by atoms with E-state index in [9.17, 15) is 18.7 Å². The molecule has 0 saturated heterocycles. The minimum Gasteiger partial charge on any atom is -0.508 e. The minimum absolute atomic E-state index is 0.0223. The van der Waals surface area contributed by atoms with Crippen LogP contribution in [-0.2, 0) is 0 Å². The van der Waals surface area contributed by atoms with Crippen molar-refractivity contribution in [2.45, 2.75) is 13.8 Å². The fourth-order valence-electron chi connectivity index (χ4n) is 2.88. The molecular weight excluding hydrogens is 326 g/mol. The summed E-state index contributed by atoms with van der Waals surface area (Å²) in [6, 6.07) is 9.02. The summed E-state index contributed by atoms with van der Waals surface area (Å²) in [5.41, 5.74) is 7.34. The normalized spacial score (nSPS) is 10.9. The van der Waals surface area contributed by atoms with Crippen molar-refractivity contribution in [1.82, 2.24) is 4.57 Å². The van der Waals surface area contributed by atoms with Crippen LogP contribution in [0.25, 0.3) is 16.8 Å². The number of halogens is 2. The second-order valence-electron chi connectivity index (χ2n) is 5.85. The van der Waals surface area contributed by atoms with Crippen molar-refractivity contribution in [3.8, 4) is 22.6 Å². The number of aromatic hydroxyl groups is 1. The second kappa shape index (κ2) is 6.05. The molecule has 0 aliphatic carbocycles. The van der Waals surface area contributed by atoms with E-state index in [1.54, 1.807) is 19.9 Å². The van der Waals surface area contributed by atoms with Gasteiger partial charge in [0, 0.05) is 17.2 Å². The van der Waals surface area contributed by atoms with E-state index in [0.29, 0.717) is 11.3 Å². The number of anilines is 1. The van der Waals surface area contributed by atoms with Crippen LogP contribution in [0.4, 0.5) is 14.6 Å². The fourth-order valence-corrected chi connectivity index (χ4v) is 2.88. The molecule has 0 radical (unpaired) electrons. The van der Waals surface area contributed by atoms with Gasteiger partial charge in [-0.25, -0.2) is 8.78 Å². The van der Waals surface area contributed by atoms with Gasteiger partial charge in [0.25, 0.3) is 5.56 Å². The van der Waals surface area contributed by atoms with Crippen LogP contribution < -0.4 is 11.3 Å². The molecule has 0 bridgehead atoms. The van der Waals surface area contributed by atoms with Crippen molar-refractivity contribution in [2.75, 3.05) is 5.73 Å². The third-order valence-corrected chi connectivity index (χ3v) is 4.11. The molecule has 0 amide bonds. The largest absolute Gasteiger partial charge is 0.508 e. The smallest absolute Gasteiger partial charge is 0.264 e. The molecule has 0 aliphatic heterocycles. The molecule has 0 spiro atoms. The first-order valence-electron chi connectivity index (χ1n) is 7.57. The Labute approximate surface area is 142 Å². The Balaban J connectivity index is 2.35. The second-order valence-corrected chi connectivity index (χ2v) is 5.85. The van der Waals surface area contributed by atoms with Crippen molar-refractivity contribution >= 4 is 5.82 Å². The molecule has 3 N–H and O–H groups in total. The van der Waals surface area contributed by atoms with Gasteiger partial charge in [0.2, 0.25) is 0 Å². The SMILES string of the molecule is Cc1ccc(O)c(C)c1-n1c(N)ccc(-c2cc(F)cc(F)c2)c1=O. The van der Waals surface area contributed by atoms with Crippen LogP contribution in [-0.4, -0.2) is 9.67 Å². The zero-order valence-corrected chi connectivity index (χ0v) is 13.7. The highest BCUT2D eigenvalue weighted by Gasteiger charge is 2.16. The Morgan fingerprint density at radius 3 is 2.28 bits per heavy atom. The standard InChI is InChI=1S/C19H16F2N2O2/c1-10-3-5-16(24)11(2)18(10)23-17(22)6-4-15(19(23)25)12-7-13(20)9-14(21)8-12/h3-9,24H,22H2,1-2H3. The topological polar surface area (TPSA) is 68.2 Å². The molecule has 0 atom stereocenters. The van der Waals surface area contributed by atoms with Crippen LogP contribution in [0.1, 0.15) is 11.1 Å². The van der Waals surface area contributed by atoms with Crippen LogP contribution in [0.5, 0.6) is 5.75 Å². The molecule has 6 heteroatoms. The summed E-state index contributed by atoms with van der Waals surface area (Å²) in [7, 11) is 0. The van der Waals surface area contributed by atoms with Gasteiger partial charge in [-0.1, -0.05) is 6.07 Å². The van der Waals surface area contributed by atoms with Gasteiger partial charge in [-0.05, 0) is 55.3 Å². The Kier molecular flexibility index (Phi) is 4.04. The fraction of sp³-hybridized carbons (Fsp3) is 0.105. The molecule has 25 heavy (non-hydrogen) atoms. The number of aryl methyl sites for hydroxylation is 1. The van der Waals surface area contributed by atoms with E-state index in [1.165, 1.54) is 22.8 Å². The molecule has 4 nitrogen and oxygen atoms in total. The van der Waals surface area contributed by atoms with E-state index in [2.05, 4.69) is 0 Å². The van der Waals surface area contributed by atoms with Gasteiger partial charge in [-0.15, -0.1) is 0 Å². The minimum atomic E-state index is -0.775. The molecule has 1 aromatic heterocycles. The monoisotopic (exact) mass is 342 g/mol. The van der Waals surface area contributed by atoms with Crippen LogP contribution in [0.15, 0.2) is 47.3 Å². The van der Waals surface area contributed by atoms with E-state index < -0.39 is 17.2 Å². The summed E-state index contributed by atoms with van der Waals surface area (Å²) >= 11 is 0. The van der Waals surface area contributed by atoms with E-state index in [4.69, 9.17) is 5.73 Å². The maximum Gasteiger partial charge on any atom is 0.264 e. The van der Waals surface area contributed by atoms with Gasteiger partial charge in [-0.3, -0.25) is 9.36 Å². The highest BCUT2D eigenvalue weighted by molar-refractivity contribution is 5.66. The number of aromatic nitrogens is 1. The number of nitrogens with zero attached hydrogens (tertiary/aromatic N) is 1. The zero-order valence-electron chi connectivity index (χ0n) is 13.7. The first-order chi connectivity index (χ1) is 11.8. The third-order valence-electron chi connectivity index (χ3n) is 4.11. The molecule has 3 aromatic rings. The molecule has 2 aromatic carbocycles. The van der Waals surface area contributed by atoms with E-state index in [1.807, 2.05) is 0 Å². The number of hydrogen-bond acceptors (Lipinski definition) is 3. The summed E-state index contributed by atoms with van der Waals surface area (Å²) in [5, 5.41) is 9.97. The van der Waals surface area contributed by atoms with Crippen molar-refractivity contribution < 1.29 is 13.9 Å². The first kappa shape index (κ1) is 16.7. The Morgan fingerprint density at radius 2 is 1.64 bits per heavy atom. The molecule has 3 rings (SSSR count). The number of benzene rings is 2. The van der Waals surface area contributed by atoms with Crippen LogP contribution in [0, 0.1) is 25.5 Å². The number of phenolic OH excluding ortho intramolecular Hbond substituents is 1. The quantitative estimate of drug-likeness (QED) is 0.746. The number of rotatable bonds is 2. The molecular formula is C19H16F2N2O2. The first-order valence-corrected chi connectivity index (χ1v) is 7.57. The lowest BCUT2D eigenvalue weighted by Crippen LogP contribution is -2.24. The Bertz CT molecular complexity index is 1020. The number of pyridine rings is 1. The number of hydrogen-bond donors (Lipinski definition) is 2. The molecule has 128 valence electrons. The molecule has 0 saturated carbocycles. The molecule has 0 fully saturated rings. The molecule has 0 aliphatic rings. The number of nitrogens with two attached hydrogens (primary N) is 1. The van der Waals surface area contributed by atoms with Crippen LogP contribution >= 0.6 is 0 Å². The lowest BCUT2D eigenvalue weighted by atomic mass is 10.0. The van der Waals surface area contributed by atoms with E-state index >= 15 is 0 Å². The summed E-state index contributed by atoms with van der Waals surface area (Å²) in [6.45, 7) is 3.44. The summed E-state index contributed by atoms with van der Waals surface area (Å²) in [4.78, 5) is 13.0. The summed E-state index contributed by atoms with van der Waals surface area (Å²) in [5.74, 6) is -1.37. The summed E-state index contributed by atoms with van der Waals surface area (Å²) in [6.07, 6.45) is 0. The van der Waals surface area contributed by atoms with Gasteiger partial charge in [0.15, 0.2) is 0 Å². The predicted octanol–water partition coefficient (Wildman–Crippen LogP) is 3.69. The van der Waals surface area contributed by atoms with Gasteiger partial charge in [0.1, 0.15) is 23.2 Å². The Morgan fingerprint density at radius 1 is 1.00 bits per heavy atom. The third kappa shape index (κ3) is 2.87. The van der Waals surface area contributed by atoms with Crippen LogP contribution in [0.3, 0.4) is 0 Å². The van der Waals surface area contributed by atoms with Gasteiger partial charge in [-0.2, -0.15) is 0 Å². The maximum atomic E-state index is 13.5. The maximum absolute atomic E-state index is 13.5. The number of nitrogen functional groups attached to an aromatic ring is 1. The summed E-state index contributed by atoms with van der Waals surface area (Å²) < 4.78 is 28.3. The zero-order chi connectivity index (χ0) is 18.3. The number of phenols is 1. The van der Waals surface area contributed by atoms with E-state index in [-0.39, 0.29) is 22.7 Å². The highest BCUT2D eigenvalue weighted by atomic mass is 19.1. The van der Waals surface area contributed by atoms with Gasteiger partial charge in [0.05, 0.1) is 5.69 Å². The van der Waals surface area contributed by atoms with Crippen molar-refractivity contribution in [2.24, 2.45) is 0 Å².